The Labute approximate surface area is 109 Å². The van der Waals surface area contributed by atoms with Gasteiger partial charge in [-0.25, -0.2) is 0 Å². The number of hydrogen-bond donors (Lipinski definition) is 1. The number of rotatable bonds is 3. The highest BCUT2D eigenvalue weighted by Crippen LogP contribution is 2.29. The van der Waals surface area contributed by atoms with Crippen LogP contribution in [-0.4, -0.2) is 6.54 Å². The molecule has 0 amide bonds. The third kappa shape index (κ3) is 2.33. The fourth-order valence-corrected chi connectivity index (χ4v) is 2.19. The van der Waals surface area contributed by atoms with E-state index in [1.54, 1.807) is 0 Å². The molecule has 2 aromatic carbocycles. The molecular formula is C16H20N2. The first-order valence-electron chi connectivity index (χ1n) is 6.32. The van der Waals surface area contributed by atoms with Crippen molar-refractivity contribution in [2.45, 2.75) is 20.8 Å². The fraction of sp³-hybridized carbons (Fsp3) is 0.250. The fourth-order valence-electron chi connectivity index (χ4n) is 2.19. The Morgan fingerprint density at radius 2 is 1.72 bits per heavy atom. The van der Waals surface area contributed by atoms with Crippen LogP contribution in [0.2, 0.25) is 0 Å². The monoisotopic (exact) mass is 240 g/mol. The molecule has 0 aliphatic rings. The minimum absolute atomic E-state index is 0.847. The van der Waals surface area contributed by atoms with Gasteiger partial charge in [0.05, 0.1) is 0 Å². The smallest absolute Gasteiger partial charge is 0.0440 e. The first kappa shape index (κ1) is 12.5. The second kappa shape index (κ2) is 5.13. The summed E-state index contributed by atoms with van der Waals surface area (Å²) in [6.07, 6.45) is 0. The van der Waals surface area contributed by atoms with E-state index in [4.69, 9.17) is 5.73 Å². The molecule has 0 heterocycles. The lowest BCUT2D eigenvalue weighted by atomic mass is 10.1. The predicted octanol–water partition coefficient (Wildman–Crippen LogP) is 4.04. The van der Waals surface area contributed by atoms with Crippen molar-refractivity contribution in [1.82, 2.24) is 0 Å². The summed E-state index contributed by atoms with van der Waals surface area (Å²) in [6, 6.07) is 14.7. The average Bonchev–Trinajstić information content (AvgIpc) is 2.37. The van der Waals surface area contributed by atoms with Gasteiger partial charge in [-0.15, -0.1) is 0 Å². The molecule has 0 unspecified atom stereocenters. The molecule has 0 fully saturated rings. The van der Waals surface area contributed by atoms with Gasteiger partial charge in [-0.3, -0.25) is 0 Å². The Hall–Kier alpha value is -1.96. The highest BCUT2D eigenvalue weighted by Gasteiger charge is 2.09. The minimum atomic E-state index is 0.847. The average molecular weight is 240 g/mol. The summed E-state index contributed by atoms with van der Waals surface area (Å²) >= 11 is 0. The summed E-state index contributed by atoms with van der Waals surface area (Å²) in [7, 11) is 0. The number of aryl methyl sites for hydroxylation is 2. The Morgan fingerprint density at radius 3 is 2.33 bits per heavy atom. The third-order valence-corrected chi connectivity index (χ3v) is 3.29. The van der Waals surface area contributed by atoms with Crippen molar-refractivity contribution in [2.24, 2.45) is 0 Å². The molecule has 0 radical (unpaired) electrons. The molecule has 0 aromatic heterocycles. The van der Waals surface area contributed by atoms with Crippen LogP contribution in [0, 0.1) is 13.8 Å². The van der Waals surface area contributed by atoms with Gasteiger partial charge in [0.1, 0.15) is 0 Å². The van der Waals surface area contributed by atoms with E-state index in [2.05, 4.69) is 55.1 Å². The van der Waals surface area contributed by atoms with E-state index in [-0.39, 0.29) is 0 Å². The number of anilines is 3. The van der Waals surface area contributed by atoms with Crippen molar-refractivity contribution in [2.75, 3.05) is 17.2 Å². The maximum atomic E-state index is 5.88. The van der Waals surface area contributed by atoms with Crippen LogP contribution in [0.5, 0.6) is 0 Å². The zero-order chi connectivity index (χ0) is 13.1. The molecule has 2 nitrogen and oxygen atoms in total. The standard InChI is InChI=1S/C16H20N2/c1-4-18(16-8-6-5-7-12(16)2)14-9-10-15(17)13(3)11-14/h5-11H,4,17H2,1-3H3. The maximum Gasteiger partial charge on any atom is 0.0440 e. The zero-order valence-electron chi connectivity index (χ0n) is 11.3. The Bertz CT molecular complexity index is 547. The van der Waals surface area contributed by atoms with Crippen molar-refractivity contribution in [3.63, 3.8) is 0 Å². The SMILES string of the molecule is CCN(c1ccc(N)c(C)c1)c1ccccc1C. The van der Waals surface area contributed by atoms with Gasteiger partial charge in [0.2, 0.25) is 0 Å². The molecule has 0 aliphatic heterocycles. The second-order valence-electron chi connectivity index (χ2n) is 4.57. The first-order chi connectivity index (χ1) is 8.63. The topological polar surface area (TPSA) is 29.3 Å². The largest absolute Gasteiger partial charge is 0.399 e. The van der Waals surface area contributed by atoms with E-state index in [1.807, 2.05) is 13.0 Å². The molecule has 0 saturated carbocycles. The molecule has 0 saturated heterocycles. The Morgan fingerprint density at radius 1 is 1.00 bits per heavy atom. The summed E-state index contributed by atoms with van der Waals surface area (Å²) in [5, 5.41) is 0. The van der Waals surface area contributed by atoms with Crippen LogP contribution in [0.1, 0.15) is 18.1 Å². The van der Waals surface area contributed by atoms with E-state index >= 15 is 0 Å². The van der Waals surface area contributed by atoms with Gasteiger partial charge >= 0.3 is 0 Å². The summed E-state index contributed by atoms with van der Waals surface area (Å²) in [6.45, 7) is 7.29. The molecule has 18 heavy (non-hydrogen) atoms. The summed E-state index contributed by atoms with van der Waals surface area (Å²) < 4.78 is 0. The van der Waals surface area contributed by atoms with Gasteiger partial charge in [0.15, 0.2) is 0 Å². The third-order valence-electron chi connectivity index (χ3n) is 3.29. The molecule has 0 atom stereocenters. The number of nitrogen functional groups attached to an aromatic ring is 1. The van der Waals surface area contributed by atoms with Gasteiger partial charge in [-0.05, 0) is 56.2 Å². The Kier molecular flexibility index (Phi) is 3.56. The molecule has 0 spiro atoms. The molecule has 0 aliphatic carbocycles. The molecule has 0 bridgehead atoms. The lowest BCUT2D eigenvalue weighted by Gasteiger charge is -2.25. The van der Waals surface area contributed by atoms with Crippen LogP contribution < -0.4 is 10.6 Å². The summed E-state index contributed by atoms with van der Waals surface area (Å²) in [4.78, 5) is 2.31. The normalized spacial score (nSPS) is 10.4. The molecule has 2 aromatic rings. The number of benzene rings is 2. The summed E-state index contributed by atoms with van der Waals surface area (Å²) in [5.74, 6) is 0. The molecule has 2 rings (SSSR count). The molecule has 2 N–H and O–H groups in total. The van der Waals surface area contributed by atoms with Gasteiger partial charge in [-0.1, -0.05) is 18.2 Å². The van der Waals surface area contributed by atoms with Crippen LogP contribution in [-0.2, 0) is 0 Å². The van der Waals surface area contributed by atoms with E-state index in [0.717, 1.165) is 17.8 Å². The van der Waals surface area contributed by atoms with Crippen LogP contribution in [0.15, 0.2) is 42.5 Å². The molecule has 2 heteroatoms. The highest BCUT2D eigenvalue weighted by atomic mass is 15.1. The number of para-hydroxylation sites is 1. The van der Waals surface area contributed by atoms with Crippen LogP contribution >= 0.6 is 0 Å². The van der Waals surface area contributed by atoms with Crippen LogP contribution in [0.3, 0.4) is 0 Å². The van der Waals surface area contributed by atoms with Crippen molar-refractivity contribution in [3.8, 4) is 0 Å². The lowest BCUT2D eigenvalue weighted by molar-refractivity contribution is 1.01. The quantitative estimate of drug-likeness (QED) is 0.820. The van der Waals surface area contributed by atoms with Crippen molar-refractivity contribution >= 4 is 17.1 Å². The minimum Gasteiger partial charge on any atom is -0.399 e. The van der Waals surface area contributed by atoms with E-state index in [0.29, 0.717) is 0 Å². The van der Waals surface area contributed by atoms with Crippen molar-refractivity contribution in [1.29, 1.82) is 0 Å². The van der Waals surface area contributed by atoms with Gasteiger partial charge in [-0.2, -0.15) is 0 Å². The van der Waals surface area contributed by atoms with Crippen LogP contribution in [0.25, 0.3) is 0 Å². The lowest BCUT2D eigenvalue weighted by Crippen LogP contribution is -2.17. The summed E-state index contributed by atoms with van der Waals surface area (Å²) in [5.41, 5.74) is 11.6. The first-order valence-corrected chi connectivity index (χ1v) is 6.32. The second-order valence-corrected chi connectivity index (χ2v) is 4.57. The predicted molar refractivity (Wildman–Crippen MR) is 79.5 cm³/mol. The molecule has 94 valence electrons. The number of hydrogen-bond acceptors (Lipinski definition) is 2. The molecular weight excluding hydrogens is 220 g/mol. The number of nitrogens with zero attached hydrogens (tertiary/aromatic N) is 1. The van der Waals surface area contributed by atoms with E-state index in [9.17, 15) is 0 Å². The maximum absolute atomic E-state index is 5.88. The highest BCUT2D eigenvalue weighted by molar-refractivity contribution is 5.68. The van der Waals surface area contributed by atoms with E-state index in [1.165, 1.54) is 16.9 Å². The van der Waals surface area contributed by atoms with Crippen molar-refractivity contribution in [3.05, 3.63) is 53.6 Å². The van der Waals surface area contributed by atoms with Gasteiger partial charge in [0, 0.05) is 23.6 Å². The Balaban J connectivity index is 2.45. The zero-order valence-corrected chi connectivity index (χ0v) is 11.3. The van der Waals surface area contributed by atoms with Crippen molar-refractivity contribution < 1.29 is 0 Å². The number of nitrogens with two attached hydrogens (primary N) is 1. The van der Waals surface area contributed by atoms with Gasteiger partial charge < -0.3 is 10.6 Å². The van der Waals surface area contributed by atoms with Gasteiger partial charge in [0.25, 0.3) is 0 Å². The van der Waals surface area contributed by atoms with Crippen LogP contribution in [0.4, 0.5) is 17.1 Å². The van der Waals surface area contributed by atoms with E-state index < -0.39 is 0 Å².